The highest BCUT2D eigenvalue weighted by molar-refractivity contribution is 8.00. The minimum Gasteiger partial charge on any atom is -0.341 e. The third-order valence-electron chi connectivity index (χ3n) is 4.86. The van der Waals surface area contributed by atoms with E-state index >= 15 is 0 Å². The number of benzene rings is 2. The normalized spacial score (nSPS) is 18.2. The van der Waals surface area contributed by atoms with Crippen LogP contribution in [0, 0.1) is 0 Å². The molecular weight excluding hydrogens is 372 g/mol. The van der Waals surface area contributed by atoms with Gasteiger partial charge in [0.25, 0.3) is 0 Å². The van der Waals surface area contributed by atoms with E-state index in [1.807, 2.05) is 52.9 Å². The molecule has 2 atom stereocenters. The molecule has 1 saturated heterocycles. The van der Waals surface area contributed by atoms with E-state index < -0.39 is 0 Å². The SMILES string of the molecule is O=C(C(Sc1ccccc1)c1ccccc1)N1CCCC(c2nccs2)C1. The Hall–Kier alpha value is -2.11. The summed E-state index contributed by atoms with van der Waals surface area (Å²) < 4.78 is 0. The zero-order valence-corrected chi connectivity index (χ0v) is 16.7. The molecule has 2 heterocycles. The lowest BCUT2D eigenvalue weighted by Gasteiger charge is -2.34. The summed E-state index contributed by atoms with van der Waals surface area (Å²) in [4.78, 5) is 21.1. The Balaban J connectivity index is 1.56. The molecule has 0 aliphatic carbocycles. The molecule has 0 saturated carbocycles. The molecule has 1 fully saturated rings. The summed E-state index contributed by atoms with van der Waals surface area (Å²) in [5.41, 5.74) is 1.06. The van der Waals surface area contributed by atoms with E-state index in [1.54, 1.807) is 23.1 Å². The fourth-order valence-electron chi connectivity index (χ4n) is 3.50. The van der Waals surface area contributed by atoms with Crippen molar-refractivity contribution in [2.24, 2.45) is 0 Å². The quantitative estimate of drug-likeness (QED) is 0.545. The monoisotopic (exact) mass is 394 g/mol. The highest BCUT2D eigenvalue weighted by Crippen LogP contribution is 2.38. The number of thioether (sulfide) groups is 1. The van der Waals surface area contributed by atoms with Gasteiger partial charge >= 0.3 is 0 Å². The molecule has 0 spiro atoms. The van der Waals surface area contributed by atoms with Gasteiger partial charge in [-0.2, -0.15) is 0 Å². The predicted molar refractivity (Wildman–Crippen MR) is 112 cm³/mol. The van der Waals surface area contributed by atoms with E-state index in [1.165, 1.54) is 0 Å². The minimum atomic E-state index is -0.219. The first-order chi connectivity index (χ1) is 13.3. The zero-order chi connectivity index (χ0) is 18.5. The second-order valence-electron chi connectivity index (χ2n) is 6.72. The summed E-state index contributed by atoms with van der Waals surface area (Å²) in [5.74, 6) is 0.567. The second-order valence-corrected chi connectivity index (χ2v) is 8.82. The Morgan fingerprint density at radius 3 is 2.56 bits per heavy atom. The predicted octanol–water partition coefficient (Wildman–Crippen LogP) is 5.38. The molecule has 1 amide bonds. The van der Waals surface area contributed by atoms with Gasteiger partial charge in [-0.1, -0.05) is 48.5 Å². The maximum Gasteiger partial charge on any atom is 0.240 e. The van der Waals surface area contributed by atoms with Gasteiger partial charge in [0.1, 0.15) is 5.25 Å². The molecule has 3 nitrogen and oxygen atoms in total. The molecule has 27 heavy (non-hydrogen) atoms. The van der Waals surface area contributed by atoms with Crippen molar-refractivity contribution in [1.29, 1.82) is 0 Å². The van der Waals surface area contributed by atoms with Crippen LogP contribution in [0.15, 0.2) is 77.1 Å². The molecular formula is C22H22N2OS2. The summed E-state index contributed by atoms with van der Waals surface area (Å²) in [6, 6.07) is 20.3. The van der Waals surface area contributed by atoms with E-state index in [9.17, 15) is 4.79 Å². The van der Waals surface area contributed by atoms with E-state index in [2.05, 4.69) is 29.2 Å². The number of hydrogen-bond donors (Lipinski definition) is 0. The van der Waals surface area contributed by atoms with Gasteiger partial charge in [0, 0.05) is 35.5 Å². The van der Waals surface area contributed by atoms with Crippen molar-refractivity contribution in [1.82, 2.24) is 9.88 Å². The molecule has 0 N–H and O–H groups in total. The number of piperidine rings is 1. The highest BCUT2D eigenvalue weighted by atomic mass is 32.2. The number of aromatic nitrogens is 1. The van der Waals surface area contributed by atoms with Crippen LogP contribution < -0.4 is 0 Å². The molecule has 1 aliphatic rings. The Labute approximate surface area is 168 Å². The lowest BCUT2D eigenvalue weighted by atomic mass is 9.98. The maximum atomic E-state index is 13.5. The smallest absolute Gasteiger partial charge is 0.240 e. The lowest BCUT2D eigenvalue weighted by molar-refractivity contribution is -0.131. The molecule has 4 rings (SSSR count). The van der Waals surface area contributed by atoms with Gasteiger partial charge in [-0.15, -0.1) is 23.1 Å². The number of likely N-dealkylation sites (tertiary alicyclic amines) is 1. The lowest BCUT2D eigenvalue weighted by Crippen LogP contribution is -2.41. The fourth-order valence-corrected chi connectivity index (χ4v) is 5.40. The van der Waals surface area contributed by atoms with Crippen molar-refractivity contribution in [2.75, 3.05) is 13.1 Å². The molecule has 2 aromatic carbocycles. The Morgan fingerprint density at radius 2 is 1.85 bits per heavy atom. The van der Waals surface area contributed by atoms with E-state index in [0.29, 0.717) is 5.92 Å². The second kappa shape index (κ2) is 8.72. The third kappa shape index (κ3) is 4.42. The number of thiazole rings is 1. The van der Waals surface area contributed by atoms with E-state index in [-0.39, 0.29) is 11.2 Å². The van der Waals surface area contributed by atoms with E-state index in [0.717, 1.165) is 41.4 Å². The first kappa shape index (κ1) is 18.3. The van der Waals surface area contributed by atoms with Gasteiger partial charge in [-0.05, 0) is 30.5 Å². The van der Waals surface area contributed by atoms with Gasteiger partial charge < -0.3 is 4.90 Å². The van der Waals surface area contributed by atoms with Crippen LogP contribution in [0.25, 0.3) is 0 Å². The minimum absolute atomic E-state index is 0.205. The zero-order valence-electron chi connectivity index (χ0n) is 15.0. The Bertz CT molecular complexity index is 853. The Kier molecular flexibility index (Phi) is 5.90. The van der Waals surface area contributed by atoms with Gasteiger partial charge in [0.2, 0.25) is 5.91 Å². The summed E-state index contributed by atoms with van der Waals surface area (Å²) in [7, 11) is 0. The first-order valence-corrected chi connectivity index (χ1v) is 11.0. The van der Waals surface area contributed by atoms with Crippen molar-refractivity contribution in [3.8, 4) is 0 Å². The van der Waals surface area contributed by atoms with Gasteiger partial charge in [0.05, 0.1) is 5.01 Å². The summed E-state index contributed by atoms with van der Waals surface area (Å²) in [6.45, 7) is 1.60. The van der Waals surface area contributed by atoms with Crippen molar-refractivity contribution in [3.63, 3.8) is 0 Å². The fraction of sp³-hybridized carbons (Fsp3) is 0.273. The van der Waals surface area contributed by atoms with Gasteiger partial charge in [-0.3, -0.25) is 4.79 Å². The van der Waals surface area contributed by atoms with Crippen LogP contribution in [0.3, 0.4) is 0 Å². The number of carbonyl (C=O) groups is 1. The number of carbonyl (C=O) groups excluding carboxylic acids is 1. The van der Waals surface area contributed by atoms with E-state index in [4.69, 9.17) is 0 Å². The highest BCUT2D eigenvalue weighted by Gasteiger charge is 2.31. The first-order valence-electron chi connectivity index (χ1n) is 9.26. The number of nitrogens with zero attached hydrogens (tertiary/aromatic N) is 2. The average molecular weight is 395 g/mol. The number of rotatable bonds is 5. The summed E-state index contributed by atoms with van der Waals surface area (Å²) in [5, 5.41) is 2.96. The van der Waals surface area contributed by atoms with Gasteiger partial charge in [0.15, 0.2) is 0 Å². The van der Waals surface area contributed by atoms with Crippen molar-refractivity contribution >= 4 is 29.0 Å². The summed E-state index contributed by atoms with van der Waals surface area (Å²) >= 11 is 3.33. The van der Waals surface area contributed by atoms with Crippen LogP contribution in [-0.4, -0.2) is 28.9 Å². The summed E-state index contributed by atoms with van der Waals surface area (Å²) in [6.07, 6.45) is 4.01. The van der Waals surface area contributed by atoms with Crippen LogP contribution in [0.5, 0.6) is 0 Å². The molecule has 1 aromatic heterocycles. The van der Waals surface area contributed by atoms with Gasteiger partial charge in [-0.25, -0.2) is 4.98 Å². The van der Waals surface area contributed by atoms with Crippen LogP contribution >= 0.6 is 23.1 Å². The van der Waals surface area contributed by atoms with Crippen molar-refractivity contribution in [3.05, 3.63) is 82.8 Å². The Morgan fingerprint density at radius 1 is 1.11 bits per heavy atom. The molecule has 0 radical (unpaired) electrons. The molecule has 3 aromatic rings. The standard InChI is InChI=1S/C22H22N2OS2/c25-22(24-14-7-10-18(16-24)21-23-13-15-26-21)20(17-8-3-1-4-9-17)27-19-11-5-2-6-12-19/h1-6,8-9,11-13,15,18,20H,7,10,14,16H2. The molecule has 2 unspecified atom stereocenters. The number of hydrogen-bond acceptors (Lipinski definition) is 4. The van der Waals surface area contributed by atoms with Crippen LogP contribution in [-0.2, 0) is 4.79 Å². The topological polar surface area (TPSA) is 33.2 Å². The molecule has 5 heteroatoms. The largest absolute Gasteiger partial charge is 0.341 e. The average Bonchev–Trinajstić information content (AvgIpc) is 3.28. The van der Waals surface area contributed by atoms with Crippen molar-refractivity contribution in [2.45, 2.75) is 28.9 Å². The molecule has 0 bridgehead atoms. The number of amides is 1. The van der Waals surface area contributed by atoms with Crippen molar-refractivity contribution < 1.29 is 4.79 Å². The van der Waals surface area contributed by atoms with Crippen LogP contribution in [0.4, 0.5) is 0 Å². The molecule has 1 aliphatic heterocycles. The van der Waals surface area contributed by atoms with Crippen LogP contribution in [0.2, 0.25) is 0 Å². The molecule has 138 valence electrons. The van der Waals surface area contributed by atoms with Crippen LogP contribution in [0.1, 0.15) is 34.6 Å². The maximum absolute atomic E-state index is 13.5. The third-order valence-corrected chi connectivity index (χ3v) is 7.05.